The number of thioether (sulfide) groups is 2. The van der Waals surface area contributed by atoms with Gasteiger partial charge in [-0.2, -0.15) is 23.5 Å². The van der Waals surface area contributed by atoms with Crippen LogP contribution in [0.15, 0.2) is 12.5 Å². The zero-order valence-electron chi connectivity index (χ0n) is 19.4. The number of aromatic nitrogens is 2. The number of H-pyrrole nitrogens is 1. The van der Waals surface area contributed by atoms with E-state index in [-0.39, 0.29) is 12.8 Å². The summed E-state index contributed by atoms with van der Waals surface area (Å²) in [5, 5.41) is 27.0. The lowest BCUT2D eigenvalue weighted by Gasteiger charge is -2.26. The Morgan fingerprint density at radius 1 is 1.03 bits per heavy atom. The zero-order valence-corrected chi connectivity index (χ0v) is 21.1. The van der Waals surface area contributed by atoms with Crippen LogP contribution in [0.1, 0.15) is 25.5 Å². The Hall–Kier alpha value is -2.29. The van der Waals surface area contributed by atoms with Gasteiger partial charge < -0.3 is 36.9 Å². The number of carbonyl (C=O) groups excluding carboxylic acids is 3. The monoisotopic (exact) mass is 518 g/mol. The highest BCUT2D eigenvalue weighted by Crippen LogP contribution is 2.06. The second-order valence-corrected chi connectivity index (χ2v) is 9.61. The van der Waals surface area contributed by atoms with Crippen LogP contribution in [0, 0.1) is 0 Å². The molecule has 1 aromatic rings. The van der Waals surface area contributed by atoms with Crippen molar-refractivity contribution in [3.8, 4) is 0 Å². The highest BCUT2D eigenvalue weighted by atomic mass is 32.2. The Morgan fingerprint density at radius 2 is 1.65 bits per heavy atom. The maximum absolute atomic E-state index is 12.9. The van der Waals surface area contributed by atoms with E-state index in [4.69, 9.17) is 5.73 Å². The molecule has 14 heteroatoms. The summed E-state index contributed by atoms with van der Waals surface area (Å²) in [5.41, 5.74) is 6.36. The summed E-state index contributed by atoms with van der Waals surface area (Å²) in [6.45, 7) is 1.33. The first-order chi connectivity index (χ1) is 16.1. The number of imidazole rings is 1. The van der Waals surface area contributed by atoms with Crippen LogP contribution in [0.25, 0.3) is 0 Å². The predicted molar refractivity (Wildman–Crippen MR) is 131 cm³/mol. The molecular weight excluding hydrogens is 484 g/mol. The van der Waals surface area contributed by atoms with Crippen LogP contribution in [0.3, 0.4) is 0 Å². The molecule has 0 saturated carbocycles. The van der Waals surface area contributed by atoms with Crippen molar-refractivity contribution in [1.82, 2.24) is 25.9 Å². The van der Waals surface area contributed by atoms with E-state index in [1.807, 2.05) is 12.5 Å². The van der Waals surface area contributed by atoms with Gasteiger partial charge in [0.25, 0.3) is 0 Å². The molecule has 0 bridgehead atoms. The van der Waals surface area contributed by atoms with Crippen molar-refractivity contribution < 1.29 is 29.4 Å². The number of rotatable bonds is 16. The lowest BCUT2D eigenvalue weighted by Crippen LogP contribution is -2.60. The number of carbonyl (C=O) groups is 4. The van der Waals surface area contributed by atoms with Gasteiger partial charge in [0.2, 0.25) is 17.7 Å². The first kappa shape index (κ1) is 29.7. The average molecular weight is 519 g/mol. The van der Waals surface area contributed by atoms with Crippen molar-refractivity contribution in [3.63, 3.8) is 0 Å². The van der Waals surface area contributed by atoms with Crippen LogP contribution in [-0.4, -0.2) is 98.2 Å². The molecule has 34 heavy (non-hydrogen) atoms. The van der Waals surface area contributed by atoms with Gasteiger partial charge in [0.15, 0.2) is 0 Å². The van der Waals surface area contributed by atoms with Gasteiger partial charge in [-0.15, -0.1) is 0 Å². The Morgan fingerprint density at radius 3 is 2.18 bits per heavy atom. The number of carboxylic acid groups (broad SMARTS) is 1. The fourth-order valence-electron chi connectivity index (χ4n) is 2.90. The summed E-state index contributed by atoms with van der Waals surface area (Å²) >= 11 is 2.97. The van der Waals surface area contributed by atoms with E-state index in [1.165, 1.54) is 43.0 Å². The number of carboxylic acids is 1. The molecule has 3 amide bonds. The van der Waals surface area contributed by atoms with E-state index < -0.39 is 54.0 Å². The Kier molecular flexibility index (Phi) is 13.6. The van der Waals surface area contributed by atoms with Crippen molar-refractivity contribution in [2.24, 2.45) is 5.73 Å². The fraction of sp³-hybridized carbons (Fsp3) is 0.650. The number of aliphatic carboxylic acids is 1. The smallest absolute Gasteiger partial charge is 0.326 e. The molecule has 0 fully saturated rings. The molecule has 5 unspecified atom stereocenters. The third-order valence-electron chi connectivity index (χ3n) is 4.87. The predicted octanol–water partition coefficient (Wildman–Crippen LogP) is -1.29. The van der Waals surface area contributed by atoms with E-state index in [9.17, 15) is 29.4 Å². The van der Waals surface area contributed by atoms with Crippen molar-refractivity contribution in [2.45, 2.75) is 56.5 Å². The van der Waals surface area contributed by atoms with E-state index in [0.717, 1.165) is 0 Å². The summed E-state index contributed by atoms with van der Waals surface area (Å²) in [6.07, 6.45) is 5.88. The van der Waals surface area contributed by atoms with Crippen LogP contribution in [0.5, 0.6) is 0 Å². The van der Waals surface area contributed by atoms with Crippen molar-refractivity contribution in [2.75, 3.05) is 24.0 Å². The van der Waals surface area contributed by atoms with Crippen molar-refractivity contribution in [1.29, 1.82) is 0 Å². The van der Waals surface area contributed by atoms with Crippen LogP contribution < -0.4 is 21.7 Å². The van der Waals surface area contributed by atoms with Gasteiger partial charge in [-0.1, -0.05) is 0 Å². The number of aromatic amines is 1. The van der Waals surface area contributed by atoms with Gasteiger partial charge in [-0.05, 0) is 43.8 Å². The second kappa shape index (κ2) is 15.6. The second-order valence-electron chi connectivity index (χ2n) is 7.64. The van der Waals surface area contributed by atoms with Gasteiger partial charge in [-0.3, -0.25) is 14.4 Å². The summed E-state index contributed by atoms with van der Waals surface area (Å²) in [6, 6.07) is -4.51. The van der Waals surface area contributed by atoms with Crippen molar-refractivity contribution in [3.05, 3.63) is 18.2 Å². The molecule has 1 heterocycles. The third-order valence-corrected chi connectivity index (χ3v) is 6.16. The third kappa shape index (κ3) is 10.3. The molecule has 0 aliphatic heterocycles. The highest BCUT2D eigenvalue weighted by molar-refractivity contribution is 7.98. The van der Waals surface area contributed by atoms with Gasteiger partial charge in [0.05, 0.1) is 18.5 Å². The molecule has 0 saturated heterocycles. The molecule has 5 atom stereocenters. The summed E-state index contributed by atoms with van der Waals surface area (Å²) in [4.78, 5) is 56.3. The molecule has 0 aliphatic carbocycles. The maximum Gasteiger partial charge on any atom is 0.326 e. The zero-order chi connectivity index (χ0) is 25.7. The van der Waals surface area contributed by atoms with Crippen LogP contribution in [0.4, 0.5) is 0 Å². The van der Waals surface area contributed by atoms with E-state index in [2.05, 4.69) is 25.9 Å². The fourth-order valence-corrected chi connectivity index (χ4v) is 3.86. The Balaban J connectivity index is 2.89. The summed E-state index contributed by atoms with van der Waals surface area (Å²) in [5.74, 6) is -2.15. The van der Waals surface area contributed by atoms with Gasteiger partial charge >= 0.3 is 5.97 Å². The molecule has 1 rings (SSSR count). The molecule has 192 valence electrons. The van der Waals surface area contributed by atoms with Gasteiger partial charge in [0, 0.05) is 18.3 Å². The van der Waals surface area contributed by atoms with Gasteiger partial charge in [-0.25, -0.2) is 9.78 Å². The highest BCUT2D eigenvalue weighted by Gasteiger charge is 2.32. The van der Waals surface area contributed by atoms with E-state index >= 15 is 0 Å². The number of hydrogen-bond donors (Lipinski definition) is 7. The number of amides is 3. The average Bonchev–Trinajstić information content (AvgIpc) is 3.30. The quantitative estimate of drug-likeness (QED) is 0.138. The van der Waals surface area contributed by atoms with Crippen molar-refractivity contribution >= 4 is 47.2 Å². The van der Waals surface area contributed by atoms with E-state index in [1.54, 1.807) is 0 Å². The molecule has 1 aromatic heterocycles. The molecule has 12 nitrogen and oxygen atoms in total. The Labute approximate surface area is 207 Å². The minimum absolute atomic E-state index is 0.0233. The molecule has 0 spiro atoms. The summed E-state index contributed by atoms with van der Waals surface area (Å²) in [7, 11) is 0. The van der Waals surface area contributed by atoms with Crippen LogP contribution in [0.2, 0.25) is 0 Å². The Bertz CT molecular complexity index is 795. The molecule has 0 radical (unpaired) electrons. The molecular formula is C20H34N6O6S2. The number of nitrogens with two attached hydrogens (primary N) is 1. The minimum Gasteiger partial charge on any atom is -0.480 e. The first-order valence-corrected chi connectivity index (χ1v) is 13.4. The molecule has 0 aliphatic rings. The molecule has 8 N–H and O–H groups in total. The molecule has 0 aromatic carbocycles. The van der Waals surface area contributed by atoms with Gasteiger partial charge in [0.1, 0.15) is 18.1 Å². The number of nitrogens with one attached hydrogen (secondary N) is 4. The lowest BCUT2D eigenvalue weighted by atomic mass is 10.1. The van der Waals surface area contributed by atoms with Crippen LogP contribution in [-0.2, 0) is 25.6 Å². The minimum atomic E-state index is -1.34. The van der Waals surface area contributed by atoms with E-state index in [0.29, 0.717) is 23.6 Å². The summed E-state index contributed by atoms with van der Waals surface area (Å²) < 4.78 is 0. The number of nitrogens with zero attached hydrogens (tertiary/aromatic N) is 1. The normalized spacial score (nSPS) is 15.4. The number of aliphatic hydroxyl groups excluding tert-OH is 1. The topological polar surface area (TPSA) is 200 Å². The van der Waals surface area contributed by atoms with Crippen LogP contribution >= 0.6 is 23.5 Å². The number of aliphatic hydroxyl groups is 1. The lowest BCUT2D eigenvalue weighted by molar-refractivity contribution is -0.142. The maximum atomic E-state index is 12.9. The first-order valence-electron chi connectivity index (χ1n) is 10.6. The standard InChI is InChI=1S/C20H34N6O6S2/c1-11(27)16(26-17(28)13(21)4-6-33-2)19(30)24-14(5-7-34-3)18(29)25-15(20(31)32)8-12-9-22-10-23-12/h9-11,13-16,27H,4-8,21H2,1-3H3,(H,22,23)(H,24,30)(H,25,29)(H,26,28)(H,31,32). The number of hydrogen-bond acceptors (Lipinski definition) is 9. The SMILES string of the molecule is CSCCC(N)C(=O)NC(C(=O)NC(CCSC)C(=O)NC(Cc1cnc[nH]1)C(=O)O)C(C)O. The largest absolute Gasteiger partial charge is 0.480 e.